The van der Waals surface area contributed by atoms with E-state index in [1.165, 1.54) is 13.0 Å². The van der Waals surface area contributed by atoms with Crippen LogP contribution in [0.15, 0.2) is 24.3 Å². The SMILES string of the molecule is CC(=O)N[C@@H](C(=O)NNC(=O)c1cccc(Cl)c1)C(C)C. The molecule has 0 fully saturated rings. The van der Waals surface area contributed by atoms with Crippen LogP contribution in [0.3, 0.4) is 0 Å². The monoisotopic (exact) mass is 311 g/mol. The fourth-order valence-corrected chi connectivity index (χ4v) is 1.84. The molecule has 0 saturated carbocycles. The number of hydrogen-bond donors (Lipinski definition) is 3. The lowest BCUT2D eigenvalue weighted by Crippen LogP contribution is -2.54. The van der Waals surface area contributed by atoms with E-state index in [0.29, 0.717) is 10.6 Å². The molecule has 0 aliphatic carbocycles. The quantitative estimate of drug-likeness (QED) is 0.732. The Balaban J connectivity index is 2.62. The smallest absolute Gasteiger partial charge is 0.269 e. The molecule has 21 heavy (non-hydrogen) atoms. The van der Waals surface area contributed by atoms with Gasteiger partial charge in [-0.15, -0.1) is 0 Å². The van der Waals surface area contributed by atoms with Crippen LogP contribution in [0.25, 0.3) is 0 Å². The first kappa shape index (κ1) is 17.0. The lowest BCUT2D eigenvalue weighted by Gasteiger charge is -2.21. The van der Waals surface area contributed by atoms with Gasteiger partial charge in [-0.05, 0) is 24.1 Å². The highest BCUT2D eigenvalue weighted by atomic mass is 35.5. The van der Waals surface area contributed by atoms with Crippen LogP contribution in [0.5, 0.6) is 0 Å². The Morgan fingerprint density at radius 3 is 2.33 bits per heavy atom. The molecule has 0 unspecified atom stereocenters. The number of rotatable bonds is 4. The van der Waals surface area contributed by atoms with Crippen molar-refractivity contribution >= 4 is 29.3 Å². The maximum atomic E-state index is 12.0. The number of nitrogens with one attached hydrogen (secondary N) is 3. The van der Waals surface area contributed by atoms with Crippen molar-refractivity contribution in [2.45, 2.75) is 26.8 Å². The molecule has 3 N–H and O–H groups in total. The number of hydrazine groups is 1. The van der Waals surface area contributed by atoms with E-state index in [2.05, 4.69) is 16.2 Å². The highest BCUT2D eigenvalue weighted by Crippen LogP contribution is 2.10. The third-order valence-corrected chi connectivity index (χ3v) is 2.93. The van der Waals surface area contributed by atoms with Crippen molar-refractivity contribution in [3.8, 4) is 0 Å². The van der Waals surface area contributed by atoms with Crippen molar-refractivity contribution in [1.29, 1.82) is 0 Å². The van der Waals surface area contributed by atoms with Crippen LogP contribution in [0.1, 0.15) is 31.1 Å². The number of carbonyl (C=O) groups is 3. The highest BCUT2D eigenvalue weighted by Gasteiger charge is 2.23. The molecule has 1 aromatic carbocycles. The van der Waals surface area contributed by atoms with E-state index < -0.39 is 17.9 Å². The van der Waals surface area contributed by atoms with Gasteiger partial charge in [-0.25, -0.2) is 0 Å². The molecule has 1 atom stereocenters. The lowest BCUT2D eigenvalue weighted by atomic mass is 10.0. The minimum atomic E-state index is -0.720. The predicted molar refractivity (Wildman–Crippen MR) is 79.5 cm³/mol. The number of hydrogen-bond acceptors (Lipinski definition) is 3. The Hall–Kier alpha value is -2.08. The average molecular weight is 312 g/mol. The first-order valence-electron chi connectivity index (χ1n) is 6.44. The zero-order chi connectivity index (χ0) is 16.0. The first-order valence-corrected chi connectivity index (χ1v) is 6.82. The van der Waals surface area contributed by atoms with Gasteiger partial charge in [0.2, 0.25) is 5.91 Å². The predicted octanol–water partition coefficient (Wildman–Crippen LogP) is 1.26. The molecule has 0 radical (unpaired) electrons. The summed E-state index contributed by atoms with van der Waals surface area (Å²) < 4.78 is 0. The maximum absolute atomic E-state index is 12.0. The highest BCUT2D eigenvalue weighted by molar-refractivity contribution is 6.30. The second-order valence-electron chi connectivity index (χ2n) is 4.88. The van der Waals surface area contributed by atoms with Crippen molar-refractivity contribution in [3.63, 3.8) is 0 Å². The molecule has 0 bridgehead atoms. The first-order chi connectivity index (χ1) is 9.81. The van der Waals surface area contributed by atoms with Gasteiger partial charge < -0.3 is 5.32 Å². The Morgan fingerprint density at radius 2 is 1.81 bits per heavy atom. The lowest BCUT2D eigenvalue weighted by molar-refractivity contribution is -0.129. The molecule has 0 aliphatic rings. The maximum Gasteiger partial charge on any atom is 0.269 e. The van der Waals surface area contributed by atoms with Crippen LogP contribution < -0.4 is 16.2 Å². The van der Waals surface area contributed by atoms with Gasteiger partial charge in [0, 0.05) is 17.5 Å². The Labute approximate surface area is 128 Å². The van der Waals surface area contributed by atoms with Crippen LogP contribution in [0.2, 0.25) is 5.02 Å². The van der Waals surface area contributed by atoms with Crippen LogP contribution in [-0.2, 0) is 9.59 Å². The summed E-state index contributed by atoms with van der Waals surface area (Å²) in [7, 11) is 0. The van der Waals surface area contributed by atoms with E-state index >= 15 is 0 Å². The number of carbonyl (C=O) groups excluding carboxylic acids is 3. The Bertz CT molecular complexity index is 546. The summed E-state index contributed by atoms with van der Waals surface area (Å²) in [5.74, 6) is -1.41. The third-order valence-electron chi connectivity index (χ3n) is 2.69. The van der Waals surface area contributed by atoms with Crippen molar-refractivity contribution < 1.29 is 14.4 Å². The van der Waals surface area contributed by atoms with Gasteiger partial charge in [-0.2, -0.15) is 0 Å². The van der Waals surface area contributed by atoms with E-state index in [4.69, 9.17) is 11.6 Å². The largest absolute Gasteiger partial charge is 0.344 e. The van der Waals surface area contributed by atoms with Crippen molar-refractivity contribution in [1.82, 2.24) is 16.2 Å². The average Bonchev–Trinajstić information content (AvgIpc) is 2.41. The van der Waals surface area contributed by atoms with Gasteiger partial charge in [0.15, 0.2) is 0 Å². The molecule has 1 rings (SSSR count). The van der Waals surface area contributed by atoms with Crippen molar-refractivity contribution in [3.05, 3.63) is 34.9 Å². The second-order valence-corrected chi connectivity index (χ2v) is 5.31. The standard InChI is InChI=1S/C14H18ClN3O3/c1-8(2)12(16-9(3)19)14(21)18-17-13(20)10-5-4-6-11(15)7-10/h4-8,12H,1-3H3,(H,16,19)(H,17,20)(H,18,21)/t12-/m1/s1. The zero-order valence-electron chi connectivity index (χ0n) is 12.1. The Kier molecular flexibility index (Phi) is 6.17. The summed E-state index contributed by atoms with van der Waals surface area (Å²) >= 11 is 5.79. The molecule has 0 aromatic heterocycles. The molecule has 7 heteroatoms. The summed E-state index contributed by atoms with van der Waals surface area (Å²) in [6.07, 6.45) is 0. The fraction of sp³-hybridized carbons (Fsp3) is 0.357. The summed E-state index contributed by atoms with van der Waals surface area (Å²) in [5.41, 5.74) is 4.90. The van der Waals surface area contributed by atoms with Gasteiger partial charge >= 0.3 is 0 Å². The molecule has 0 spiro atoms. The minimum absolute atomic E-state index is 0.114. The van der Waals surface area contributed by atoms with Crippen LogP contribution >= 0.6 is 11.6 Å². The normalized spacial score (nSPS) is 11.7. The molecule has 3 amide bonds. The van der Waals surface area contributed by atoms with Gasteiger partial charge in [0.05, 0.1) is 0 Å². The van der Waals surface area contributed by atoms with Crippen molar-refractivity contribution in [2.24, 2.45) is 5.92 Å². The zero-order valence-corrected chi connectivity index (χ0v) is 12.8. The van der Waals surface area contributed by atoms with Gasteiger partial charge in [-0.1, -0.05) is 31.5 Å². The van der Waals surface area contributed by atoms with Crippen LogP contribution in [-0.4, -0.2) is 23.8 Å². The van der Waals surface area contributed by atoms with Crippen LogP contribution in [0.4, 0.5) is 0 Å². The van der Waals surface area contributed by atoms with Gasteiger partial charge in [0.25, 0.3) is 11.8 Å². The Morgan fingerprint density at radius 1 is 1.14 bits per heavy atom. The molecule has 0 saturated heterocycles. The number of benzene rings is 1. The summed E-state index contributed by atoms with van der Waals surface area (Å²) in [4.78, 5) is 34.9. The molecule has 0 heterocycles. The summed E-state index contributed by atoms with van der Waals surface area (Å²) in [6, 6.07) is 5.61. The van der Waals surface area contributed by atoms with Crippen LogP contribution in [0, 0.1) is 5.92 Å². The molecule has 0 aliphatic heterocycles. The van der Waals surface area contributed by atoms with Gasteiger partial charge in [-0.3, -0.25) is 25.2 Å². The minimum Gasteiger partial charge on any atom is -0.344 e. The van der Waals surface area contributed by atoms with E-state index in [-0.39, 0.29) is 11.8 Å². The third kappa shape index (κ3) is 5.43. The second kappa shape index (κ2) is 7.64. The molecular formula is C14H18ClN3O3. The topological polar surface area (TPSA) is 87.3 Å². The van der Waals surface area contributed by atoms with Gasteiger partial charge in [0.1, 0.15) is 6.04 Å². The fourth-order valence-electron chi connectivity index (χ4n) is 1.65. The van der Waals surface area contributed by atoms with E-state index in [1.807, 2.05) is 0 Å². The molecular weight excluding hydrogens is 294 g/mol. The van der Waals surface area contributed by atoms with E-state index in [1.54, 1.807) is 32.0 Å². The molecule has 114 valence electrons. The molecule has 6 nitrogen and oxygen atoms in total. The number of amides is 3. The summed E-state index contributed by atoms with van der Waals surface area (Å²) in [6.45, 7) is 4.91. The number of halogens is 1. The summed E-state index contributed by atoms with van der Waals surface area (Å²) in [5, 5.41) is 2.95. The van der Waals surface area contributed by atoms with E-state index in [9.17, 15) is 14.4 Å². The van der Waals surface area contributed by atoms with E-state index in [0.717, 1.165) is 0 Å². The molecule has 1 aromatic rings. The van der Waals surface area contributed by atoms with Crippen molar-refractivity contribution in [2.75, 3.05) is 0 Å².